The fraction of sp³-hybridized carbons (Fsp3) is 0.500. The molecule has 0 aromatic carbocycles. The van der Waals surface area contributed by atoms with Crippen molar-refractivity contribution in [3.8, 4) is 0 Å². The molecule has 0 aliphatic rings. The summed E-state index contributed by atoms with van der Waals surface area (Å²) in [6.07, 6.45) is 0. The van der Waals surface area contributed by atoms with Gasteiger partial charge in [-0.25, -0.2) is 9.48 Å². The van der Waals surface area contributed by atoms with E-state index in [1.54, 1.807) is 29.5 Å². The minimum atomic E-state index is -0.525. The van der Waals surface area contributed by atoms with E-state index in [1.807, 2.05) is 0 Å². The number of hydrogen-bond acceptors (Lipinski definition) is 4. The van der Waals surface area contributed by atoms with Crippen molar-refractivity contribution in [2.75, 3.05) is 0 Å². The van der Waals surface area contributed by atoms with Crippen LogP contribution in [0, 0.1) is 3.70 Å². The quantitative estimate of drug-likeness (QED) is 0.676. The molecular weight excluding hydrogens is 287 g/mol. The third-order valence-corrected chi connectivity index (χ3v) is 2.02. The third kappa shape index (κ3) is 2.62. The Morgan fingerprint density at radius 3 is 2.85 bits per heavy atom. The molecule has 0 aliphatic heterocycles. The molecule has 1 rings (SSSR count). The summed E-state index contributed by atoms with van der Waals surface area (Å²) in [5.74, 6) is 0. The molecule has 0 saturated carbocycles. The van der Waals surface area contributed by atoms with Gasteiger partial charge in [0.05, 0.1) is 6.54 Å². The smallest absolute Gasteiger partial charge is 0.326 e. The lowest BCUT2D eigenvalue weighted by molar-refractivity contribution is 0.493. The highest BCUT2D eigenvalue weighted by atomic mass is 127. The SMILES string of the molecule is C[C@@H](N)Cn1nc(I)c(=O)[nH]c1=O. The van der Waals surface area contributed by atoms with Crippen molar-refractivity contribution in [2.45, 2.75) is 19.5 Å². The highest BCUT2D eigenvalue weighted by Gasteiger charge is 2.04. The van der Waals surface area contributed by atoms with Crippen LogP contribution in [0.2, 0.25) is 0 Å². The Kier molecular flexibility index (Phi) is 3.20. The molecule has 7 heteroatoms. The van der Waals surface area contributed by atoms with Crippen LogP contribution in [0.25, 0.3) is 0 Å². The van der Waals surface area contributed by atoms with Crippen LogP contribution in [0.4, 0.5) is 0 Å². The predicted molar refractivity (Wildman–Crippen MR) is 55.5 cm³/mol. The number of H-pyrrole nitrogens is 1. The minimum Gasteiger partial charge on any atom is -0.326 e. The average molecular weight is 296 g/mol. The van der Waals surface area contributed by atoms with Gasteiger partial charge < -0.3 is 5.73 Å². The highest BCUT2D eigenvalue weighted by molar-refractivity contribution is 14.1. The first-order chi connectivity index (χ1) is 6.00. The Labute approximate surface area is 87.3 Å². The van der Waals surface area contributed by atoms with Crippen molar-refractivity contribution < 1.29 is 0 Å². The Balaban J connectivity index is 3.17. The summed E-state index contributed by atoms with van der Waals surface area (Å²) in [4.78, 5) is 24.2. The van der Waals surface area contributed by atoms with Gasteiger partial charge in [-0.1, -0.05) is 0 Å². The minimum absolute atomic E-state index is 0.174. The largest absolute Gasteiger partial charge is 0.344 e. The van der Waals surface area contributed by atoms with E-state index in [1.165, 1.54) is 0 Å². The molecule has 1 heterocycles. The zero-order valence-electron chi connectivity index (χ0n) is 6.95. The zero-order chi connectivity index (χ0) is 10.0. The lowest BCUT2D eigenvalue weighted by Crippen LogP contribution is -2.38. The van der Waals surface area contributed by atoms with Gasteiger partial charge in [0.1, 0.15) is 0 Å². The Bertz CT molecular complexity index is 408. The summed E-state index contributed by atoms with van der Waals surface area (Å²) in [6.45, 7) is 2.05. The number of rotatable bonds is 2. The second-order valence-electron chi connectivity index (χ2n) is 2.71. The van der Waals surface area contributed by atoms with Crippen molar-refractivity contribution in [3.63, 3.8) is 0 Å². The lowest BCUT2D eigenvalue weighted by Gasteiger charge is -2.05. The van der Waals surface area contributed by atoms with Gasteiger partial charge in [0, 0.05) is 6.04 Å². The van der Waals surface area contributed by atoms with Gasteiger partial charge in [-0.2, -0.15) is 5.10 Å². The molecule has 0 aliphatic carbocycles. The molecular formula is C6H9IN4O2. The summed E-state index contributed by atoms with van der Waals surface area (Å²) < 4.78 is 1.38. The first kappa shape index (κ1) is 10.4. The van der Waals surface area contributed by atoms with Crippen molar-refractivity contribution in [1.29, 1.82) is 0 Å². The van der Waals surface area contributed by atoms with Gasteiger partial charge in [-0.15, -0.1) is 0 Å². The number of hydrogen-bond donors (Lipinski definition) is 2. The predicted octanol–water partition coefficient (Wildman–Crippen LogP) is -1.12. The van der Waals surface area contributed by atoms with E-state index in [9.17, 15) is 9.59 Å². The van der Waals surface area contributed by atoms with E-state index in [2.05, 4.69) is 10.1 Å². The van der Waals surface area contributed by atoms with Gasteiger partial charge >= 0.3 is 5.69 Å². The number of nitrogens with two attached hydrogens (primary N) is 1. The first-order valence-electron chi connectivity index (χ1n) is 3.63. The van der Waals surface area contributed by atoms with E-state index >= 15 is 0 Å². The molecule has 0 fully saturated rings. The molecule has 0 radical (unpaired) electrons. The molecule has 0 amide bonds. The molecule has 0 unspecified atom stereocenters. The van der Waals surface area contributed by atoms with E-state index in [0.717, 1.165) is 4.68 Å². The normalized spacial score (nSPS) is 12.8. The van der Waals surface area contributed by atoms with Crippen molar-refractivity contribution in [1.82, 2.24) is 14.8 Å². The number of nitrogens with zero attached hydrogens (tertiary/aromatic N) is 2. The maximum atomic E-state index is 11.1. The Morgan fingerprint density at radius 1 is 1.69 bits per heavy atom. The topological polar surface area (TPSA) is 93.8 Å². The van der Waals surface area contributed by atoms with Crippen LogP contribution in [-0.4, -0.2) is 20.8 Å². The van der Waals surface area contributed by atoms with Crippen LogP contribution in [0.15, 0.2) is 9.59 Å². The number of aromatic nitrogens is 3. The number of aromatic amines is 1. The zero-order valence-corrected chi connectivity index (χ0v) is 9.11. The van der Waals surface area contributed by atoms with Crippen LogP contribution in [0.3, 0.4) is 0 Å². The molecule has 0 saturated heterocycles. The number of nitrogens with one attached hydrogen (secondary N) is 1. The van der Waals surface area contributed by atoms with Crippen LogP contribution in [0.5, 0.6) is 0 Å². The maximum Gasteiger partial charge on any atom is 0.344 e. The molecule has 0 bridgehead atoms. The van der Waals surface area contributed by atoms with E-state index in [4.69, 9.17) is 5.73 Å². The van der Waals surface area contributed by atoms with E-state index in [0.29, 0.717) is 6.54 Å². The standard InChI is InChI=1S/C6H9IN4O2/c1-3(8)2-11-6(13)9-5(12)4(7)10-11/h3H,2,8H2,1H3,(H,9,12,13)/t3-/m1/s1. The summed E-state index contributed by atoms with van der Waals surface area (Å²) in [7, 11) is 0. The van der Waals surface area contributed by atoms with E-state index < -0.39 is 11.2 Å². The fourth-order valence-electron chi connectivity index (χ4n) is 0.807. The molecule has 1 aromatic heterocycles. The molecule has 1 aromatic rings. The van der Waals surface area contributed by atoms with Crippen molar-refractivity contribution in [2.24, 2.45) is 5.73 Å². The Hall–Kier alpha value is -0.700. The van der Waals surface area contributed by atoms with Crippen LogP contribution < -0.4 is 17.0 Å². The first-order valence-corrected chi connectivity index (χ1v) is 4.71. The summed E-state index contributed by atoms with van der Waals surface area (Å²) >= 11 is 1.76. The van der Waals surface area contributed by atoms with Gasteiger partial charge in [0.2, 0.25) is 0 Å². The molecule has 1 atom stereocenters. The van der Waals surface area contributed by atoms with Gasteiger partial charge in [0.25, 0.3) is 5.56 Å². The third-order valence-electron chi connectivity index (χ3n) is 1.31. The van der Waals surface area contributed by atoms with Crippen LogP contribution >= 0.6 is 22.6 Å². The van der Waals surface area contributed by atoms with Gasteiger partial charge in [0.15, 0.2) is 3.70 Å². The molecule has 13 heavy (non-hydrogen) atoms. The fourth-order valence-corrected chi connectivity index (χ4v) is 1.20. The molecule has 72 valence electrons. The molecule has 6 nitrogen and oxygen atoms in total. The van der Waals surface area contributed by atoms with Gasteiger partial charge in [-0.05, 0) is 29.5 Å². The average Bonchev–Trinajstić information content (AvgIpc) is 1.99. The van der Waals surface area contributed by atoms with Crippen LogP contribution in [-0.2, 0) is 6.54 Å². The number of halogens is 1. The summed E-state index contributed by atoms with van der Waals surface area (Å²) in [5.41, 5.74) is 4.50. The Morgan fingerprint density at radius 2 is 2.31 bits per heavy atom. The van der Waals surface area contributed by atoms with Crippen LogP contribution in [0.1, 0.15) is 6.92 Å². The second kappa shape index (κ2) is 4.01. The molecule has 0 spiro atoms. The lowest BCUT2D eigenvalue weighted by atomic mass is 10.4. The van der Waals surface area contributed by atoms with Gasteiger partial charge in [-0.3, -0.25) is 9.78 Å². The van der Waals surface area contributed by atoms with Crippen molar-refractivity contribution >= 4 is 22.6 Å². The summed E-state index contributed by atoms with van der Waals surface area (Å²) in [6, 6.07) is -0.174. The second-order valence-corrected chi connectivity index (χ2v) is 3.73. The monoisotopic (exact) mass is 296 g/mol. The van der Waals surface area contributed by atoms with Crippen molar-refractivity contribution in [3.05, 3.63) is 24.5 Å². The molecule has 3 N–H and O–H groups in total. The van der Waals surface area contributed by atoms with E-state index in [-0.39, 0.29) is 9.74 Å². The maximum absolute atomic E-state index is 11.1. The summed E-state index contributed by atoms with van der Waals surface area (Å²) in [5, 5.41) is 3.78. The highest BCUT2D eigenvalue weighted by Crippen LogP contribution is 1.87.